The number of anilines is 6. The number of nitrogens with zero attached hydrogens (tertiary/aromatic N) is 4. The van der Waals surface area contributed by atoms with Gasteiger partial charge in [0.25, 0.3) is 6.71 Å². The van der Waals surface area contributed by atoms with Crippen LogP contribution in [0.1, 0.15) is 143 Å². The molecular weight excluding hydrogens is 1330 g/mol. The Hall–Kier alpha value is -11.9. The van der Waals surface area contributed by atoms with E-state index in [2.05, 4.69) is 343 Å². The third-order valence-electron chi connectivity index (χ3n) is 23.3. The van der Waals surface area contributed by atoms with E-state index >= 15 is 0 Å². The fourth-order valence-electron chi connectivity index (χ4n) is 17.3. The first-order valence-electron chi connectivity index (χ1n) is 42.7. The number of furan rings is 1. The van der Waals surface area contributed by atoms with Crippen molar-refractivity contribution in [3.8, 4) is 55.9 Å². The van der Waals surface area contributed by atoms with Crippen molar-refractivity contribution in [3.05, 3.63) is 319 Å². The maximum absolute atomic E-state index is 10.3. The second-order valence-electron chi connectivity index (χ2n) is 35.6. The number of benzene rings is 14. The lowest BCUT2D eigenvalue weighted by Crippen LogP contribution is -2.61. The lowest BCUT2D eigenvalue weighted by Gasteiger charge is -2.46. The van der Waals surface area contributed by atoms with Gasteiger partial charge in [-0.3, -0.25) is 0 Å². The van der Waals surface area contributed by atoms with Crippen LogP contribution >= 0.6 is 0 Å². The predicted molar refractivity (Wildman–Crippen MR) is 472 cm³/mol. The summed E-state index contributed by atoms with van der Waals surface area (Å²) in [6.07, 6.45) is 0. The van der Waals surface area contributed by atoms with Gasteiger partial charge in [-0.25, -0.2) is 0 Å². The summed E-state index contributed by atoms with van der Waals surface area (Å²) >= 11 is 0. The van der Waals surface area contributed by atoms with Gasteiger partial charge < -0.3 is 23.4 Å². The minimum Gasteiger partial charge on any atom is -0.456 e. The van der Waals surface area contributed by atoms with Crippen molar-refractivity contribution >= 4 is 123 Å². The molecule has 2 aliphatic heterocycles. The van der Waals surface area contributed by atoms with Gasteiger partial charge in [0, 0.05) is 72.1 Å². The molecule has 0 N–H and O–H groups in total. The second kappa shape index (κ2) is 24.8. The SMILES string of the molecule is [2H]c1c([2H])c([2H])c2c(c1[2H])c1c([2H])c([2H])c([2H])c([2H])c1n2-c1cc2c3c(c1)N(c1c(-c4ccccc4)ccc4oc5ccccc5c14)c1cc(-c4cc(C(C)(C)C)cc(C(C)(C)C)c4)ccc1B3c1ccc(-n3c4ccc(C(C)(C)C)cc4c4cc(C(C)(C)C)ccc43)cc1N2c1c(-c2ccccc2)cc(C(C)(C)C)cc1-c1ccccc1. The van der Waals surface area contributed by atoms with Gasteiger partial charge in [0.15, 0.2) is 0 Å². The minimum atomic E-state index is -0.560. The van der Waals surface area contributed by atoms with Crippen LogP contribution in [0, 0.1) is 0 Å². The minimum absolute atomic E-state index is 0.00755. The van der Waals surface area contributed by atoms with Crippen molar-refractivity contribution < 1.29 is 15.4 Å². The lowest BCUT2D eigenvalue weighted by molar-refractivity contribution is 0.569. The average molecular weight is 1430 g/mol. The Morgan fingerprint density at radius 1 is 0.291 bits per heavy atom. The molecule has 3 aromatic heterocycles. The normalized spacial score (nSPS) is 14.4. The Labute approximate surface area is 659 Å². The third kappa shape index (κ3) is 11.1. The number of aromatic nitrogens is 2. The molecular formula is C104H93BN4O. The summed E-state index contributed by atoms with van der Waals surface area (Å²) < 4.78 is 89.8. The maximum Gasteiger partial charge on any atom is 0.252 e. The van der Waals surface area contributed by atoms with Gasteiger partial charge in [0.2, 0.25) is 0 Å². The van der Waals surface area contributed by atoms with E-state index in [0.717, 1.165) is 133 Å². The van der Waals surface area contributed by atoms with Crippen molar-refractivity contribution in [2.45, 2.75) is 131 Å². The first-order valence-corrected chi connectivity index (χ1v) is 38.7. The summed E-state index contributed by atoms with van der Waals surface area (Å²) in [7, 11) is 0. The largest absolute Gasteiger partial charge is 0.456 e. The molecule has 0 bridgehead atoms. The number of fused-ring (bicyclic) bond motifs is 13. The summed E-state index contributed by atoms with van der Waals surface area (Å²) in [5.41, 5.74) is 25.2. The zero-order valence-electron chi connectivity index (χ0n) is 73.4. The van der Waals surface area contributed by atoms with Gasteiger partial charge in [-0.1, -0.05) is 298 Å². The number of hydrogen-bond donors (Lipinski definition) is 0. The highest BCUT2D eigenvalue weighted by Crippen LogP contribution is 2.56. The zero-order valence-corrected chi connectivity index (χ0v) is 65.4. The molecule has 17 aromatic rings. The van der Waals surface area contributed by atoms with Gasteiger partial charge in [0.1, 0.15) is 11.2 Å². The van der Waals surface area contributed by atoms with E-state index in [1.165, 1.54) is 22.3 Å². The topological polar surface area (TPSA) is 29.5 Å². The van der Waals surface area contributed by atoms with Crippen molar-refractivity contribution in [3.63, 3.8) is 0 Å². The quantitative estimate of drug-likeness (QED) is 0.142. The van der Waals surface area contributed by atoms with Crippen molar-refractivity contribution in [2.24, 2.45) is 0 Å². The highest BCUT2D eigenvalue weighted by atomic mass is 16.3. The molecule has 2 aliphatic rings. The van der Waals surface area contributed by atoms with Crippen LogP contribution in [0.3, 0.4) is 0 Å². The van der Waals surface area contributed by atoms with Gasteiger partial charge >= 0.3 is 0 Å². The van der Waals surface area contributed by atoms with E-state index in [1.54, 1.807) is 4.57 Å². The Morgan fingerprint density at radius 3 is 1.26 bits per heavy atom. The van der Waals surface area contributed by atoms with Crippen molar-refractivity contribution in [1.82, 2.24) is 9.13 Å². The van der Waals surface area contributed by atoms with E-state index in [1.807, 2.05) is 18.2 Å². The van der Waals surface area contributed by atoms with Crippen LogP contribution in [0.2, 0.25) is 0 Å². The van der Waals surface area contributed by atoms with Crippen molar-refractivity contribution in [2.75, 3.05) is 9.80 Å². The van der Waals surface area contributed by atoms with E-state index < -0.39 is 55.1 Å². The van der Waals surface area contributed by atoms with Crippen LogP contribution in [-0.4, -0.2) is 15.8 Å². The van der Waals surface area contributed by atoms with Crippen LogP contribution < -0.4 is 26.2 Å². The lowest BCUT2D eigenvalue weighted by atomic mass is 9.33. The van der Waals surface area contributed by atoms with Crippen LogP contribution in [0.15, 0.2) is 295 Å². The molecule has 0 saturated heterocycles. The summed E-state index contributed by atoms with van der Waals surface area (Å²) in [6.45, 7) is 33.6. The standard InChI is InChI=1S/C104H93BN4O/c1-100(2,3)69-44-50-88-82(57-69)83-58-70(101(4,5)6)45-51-89(83)106(88)74-46-49-85-91(61-74)108(98-80(65-33-21-17-22-34-65)59-73(104(13,14)15)60-81(98)66-35-23-18-24-36-66)92-62-75(107-86-40-28-25-37-77(86)78-38-26-29-41-87(78)107)63-93-97(92)105(85)84-48-43-67(68-53-71(102(7,8)9)56-72(54-68)103(10,11)12)55-90(84)109(93)99-76(64-31-19-16-20-32-64)47-52-95-96(99)79-39-27-30-42-94(79)110-95/h16-63H,1-15H3/i25D,26D,28D,29D,37D,38D,40D,41D. The van der Waals surface area contributed by atoms with Crippen LogP contribution in [0.4, 0.5) is 34.1 Å². The highest BCUT2D eigenvalue weighted by molar-refractivity contribution is 7.00. The molecule has 0 spiro atoms. The van der Waals surface area contributed by atoms with Crippen LogP contribution in [-0.2, 0) is 27.1 Å². The first kappa shape index (κ1) is 60.1. The molecule has 19 rings (SSSR count). The number of rotatable bonds is 8. The third-order valence-corrected chi connectivity index (χ3v) is 23.3. The van der Waals surface area contributed by atoms with E-state index in [-0.39, 0.29) is 48.9 Å². The van der Waals surface area contributed by atoms with E-state index in [9.17, 15) is 11.0 Å². The second-order valence-corrected chi connectivity index (χ2v) is 35.6. The smallest absolute Gasteiger partial charge is 0.252 e. The average Bonchev–Trinajstić information content (AvgIpc) is 1.05. The molecule has 110 heavy (non-hydrogen) atoms. The van der Waals surface area contributed by atoms with Gasteiger partial charge in [-0.05, 0) is 196 Å². The molecule has 538 valence electrons. The predicted octanol–water partition coefficient (Wildman–Crippen LogP) is 27.0. The number of para-hydroxylation sites is 3. The Bertz CT molecular complexity index is 6880. The molecule has 0 atom stereocenters. The Kier molecular flexibility index (Phi) is 13.6. The first-order chi connectivity index (χ1) is 56.0. The van der Waals surface area contributed by atoms with Crippen LogP contribution in [0.5, 0.6) is 0 Å². The number of hydrogen-bond acceptors (Lipinski definition) is 3. The molecule has 0 fully saturated rings. The Morgan fingerprint density at radius 2 is 0.736 bits per heavy atom. The van der Waals surface area contributed by atoms with E-state index in [0.29, 0.717) is 22.5 Å². The fraction of sp³-hybridized carbons (Fsp3) is 0.192. The Balaban J connectivity index is 1.06. The zero-order chi connectivity index (χ0) is 82.8. The summed E-state index contributed by atoms with van der Waals surface area (Å²) in [5, 5.41) is 4.01. The van der Waals surface area contributed by atoms with Crippen LogP contribution in [0.25, 0.3) is 121 Å². The fourth-order valence-corrected chi connectivity index (χ4v) is 17.3. The van der Waals surface area contributed by atoms with E-state index in [4.69, 9.17) is 4.42 Å². The van der Waals surface area contributed by atoms with Gasteiger partial charge in [0.05, 0.1) is 55.5 Å². The molecule has 14 aromatic carbocycles. The molecule has 5 heterocycles. The van der Waals surface area contributed by atoms with Gasteiger partial charge in [-0.2, -0.15) is 0 Å². The molecule has 0 radical (unpaired) electrons. The molecule has 0 saturated carbocycles. The summed E-state index contributed by atoms with van der Waals surface area (Å²) in [5.74, 6) is 0. The summed E-state index contributed by atoms with van der Waals surface area (Å²) in [4.78, 5) is 4.92. The van der Waals surface area contributed by atoms with Gasteiger partial charge in [-0.15, -0.1) is 0 Å². The molecule has 5 nitrogen and oxygen atoms in total. The maximum atomic E-state index is 10.3. The molecule has 0 amide bonds. The van der Waals surface area contributed by atoms with Crippen molar-refractivity contribution in [1.29, 1.82) is 0 Å². The summed E-state index contributed by atoms with van der Waals surface area (Å²) in [6, 6.07) is 84.9. The molecule has 6 heteroatoms. The monoisotopic (exact) mass is 1430 g/mol. The molecule has 0 unspecified atom stereocenters. The highest BCUT2D eigenvalue weighted by Gasteiger charge is 2.47. The molecule has 0 aliphatic carbocycles.